The number of nitro groups is 1. The first-order valence-corrected chi connectivity index (χ1v) is 15.4. The molecule has 19 heteroatoms. The van der Waals surface area contributed by atoms with Crippen LogP contribution in [0.4, 0.5) is 5.69 Å². The van der Waals surface area contributed by atoms with E-state index in [1.165, 1.54) is 40.3 Å². The van der Waals surface area contributed by atoms with Crippen molar-refractivity contribution in [3.05, 3.63) is 80.5 Å². The number of nitrogens with zero attached hydrogens (tertiary/aromatic N) is 7. The topological polar surface area (TPSA) is 217 Å². The monoisotopic (exact) mass is 674 g/mol. The van der Waals surface area contributed by atoms with Gasteiger partial charge in [-0.25, -0.2) is 9.48 Å². The smallest absolute Gasteiger partial charge is 0.352 e. The Hall–Kier alpha value is -4.52. The van der Waals surface area contributed by atoms with Crippen molar-refractivity contribution in [1.82, 2.24) is 30.0 Å². The number of nitrogens with two attached hydrogens (primary N) is 1. The van der Waals surface area contributed by atoms with Crippen LogP contribution in [0.5, 0.6) is 5.75 Å². The average Bonchev–Trinajstić information content (AvgIpc) is 3.44. The summed E-state index contributed by atoms with van der Waals surface area (Å²) < 4.78 is 6.85. The lowest BCUT2D eigenvalue weighted by Gasteiger charge is -2.52. The predicted octanol–water partition coefficient (Wildman–Crippen LogP) is 1.62. The summed E-state index contributed by atoms with van der Waals surface area (Å²) in [5.41, 5.74) is 6.26. The van der Waals surface area contributed by atoms with Gasteiger partial charge in [-0.15, -0.1) is 16.9 Å². The zero-order chi connectivity index (χ0) is 32.4. The van der Waals surface area contributed by atoms with Gasteiger partial charge in [-0.05, 0) is 33.7 Å². The summed E-state index contributed by atoms with van der Waals surface area (Å²) >= 11 is 8.21. The summed E-state index contributed by atoms with van der Waals surface area (Å²) in [7, 11) is 1.63. The third kappa shape index (κ3) is 6.35. The summed E-state index contributed by atoms with van der Waals surface area (Å²) in [6.07, 6.45) is 0. The number of fused-ring (bicyclic) bond motifs is 1. The molecule has 234 valence electrons. The molecule has 0 radical (unpaired) electrons. The number of hydrogen-bond donors (Lipinski definition) is 2. The molecule has 3 amide bonds. The van der Waals surface area contributed by atoms with Crippen molar-refractivity contribution < 1.29 is 33.9 Å². The van der Waals surface area contributed by atoms with Crippen LogP contribution in [0.15, 0.2) is 65.0 Å². The Morgan fingerprint density at radius 2 is 2.02 bits per heavy atom. The fraction of sp³-hybridized carbons (Fsp3) is 0.269. The van der Waals surface area contributed by atoms with Crippen molar-refractivity contribution in [3.63, 3.8) is 0 Å². The largest absolute Gasteiger partial charge is 0.477 e. The quantitative estimate of drug-likeness (QED) is 0.128. The van der Waals surface area contributed by atoms with E-state index in [1.807, 2.05) is 0 Å². The number of carboxylic acids is 1. The number of aryl methyl sites for hydroxylation is 1. The van der Waals surface area contributed by atoms with Crippen molar-refractivity contribution in [1.29, 1.82) is 0 Å². The van der Waals surface area contributed by atoms with E-state index in [0.29, 0.717) is 21.2 Å². The molecular weight excluding hydrogens is 652 g/mol. The number of β-lactam (4-membered cyclic amide) rings is 1. The van der Waals surface area contributed by atoms with Gasteiger partial charge in [-0.1, -0.05) is 53.7 Å². The number of rotatable bonds is 11. The molecule has 2 aliphatic rings. The highest BCUT2D eigenvalue weighted by Crippen LogP contribution is 2.44. The molecule has 3 N–H and O–H groups in total. The van der Waals surface area contributed by atoms with Crippen LogP contribution in [0, 0.1) is 10.1 Å². The van der Waals surface area contributed by atoms with E-state index in [4.69, 9.17) is 22.1 Å². The molecule has 16 nitrogen and oxygen atoms in total. The van der Waals surface area contributed by atoms with Gasteiger partial charge in [0.15, 0.2) is 12.4 Å². The number of ether oxygens (including phenoxy) is 1. The molecule has 2 aromatic carbocycles. The molecule has 1 unspecified atom stereocenters. The predicted molar refractivity (Wildman–Crippen MR) is 160 cm³/mol. The van der Waals surface area contributed by atoms with Crippen LogP contribution >= 0.6 is 35.1 Å². The molecular formula is C26H23ClN8O8S2. The van der Waals surface area contributed by atoms with Crippen LogP contribution in [0.3, 0.4) is 0 Å². The third-order valence-electron chi connectivity index (χ3n) is 6.86. The highest BCUT2D eigenvalue weighted by Gasteiger charge is 2.58. The second-order valence-electron chi connectivity index (χ2n) is 9.63. The minimum Gasteiger partial charge on any atom is -0.477 e. The molecule has 0 saturated carbocycles. The Balaban J connectivity index is 1.43. The number of amides is 3. The lowest BCUT2D eigenvalue weighted by Crippen LogP contribution is -2.73. The summed E-state index contributed by atoms with van der Waals surface area (Å²) in [5.74, 6) is -4.07. The summed E-state index contributed by atoms with van der Waals surface area (Å²) in [5, 5.41) is 32.3. The van der Waals surface area contributed by atoms with Gasteiger partial charge in [0.25, 0.3) is 17.7 Å². The standard InChI is InChI=1S/C26H23ClN8O8S2/c1-32-26(29-30-31-32)45-12-14-11-44-24-21(23(38)34(24)20(14)25(39)40)33(22(37)19(28)13-5-3-2-4-6-13)18(36)10-43-17-8-7-15(27)9-16(17)35(41)42/h2-9,19,21,24H,10-12,28H2,1H3,(H,39,40)/t19-,21?,24-/m1/s1. The van der Waals surface area contributed by atoms with Crippen molar-refractivity contribution in [2.24, 2.45) is 12.8 Å². The Bertz CT molecular complexity index is 1720. The molecule has 1 fully saturated rings. The highest BCUT2D eigenvalue weighted by atomic mass is 35.5. The first-order chi connectivity index (χ1) is 21.5. The number of benzene rings is 2. The maximum absolute atomic E-state index is 13.8. The van der Waals surface area contributed by atoms with E-state index in [1.54, 1.807) is 37.4 Å². The minimum atomic E-state index is -1.42. The van der Waals surface area contributed by atoms with E-state index < -0.39 is 58.4 Å². The van der Waals surface area contributed by atoms with Gasteiger partial charge in [0, 0.05) is 29.6 Å². The molecule has 0 bridgehead atoms. The zero-order valence-electron chi connectivity index (χ0n) is 23.2. The van der Waals surface area contributed by atoms with E-state index in [2.05, 4.69) is 15.5 Å². The molecule has 0 aliphatic carbocycles. The van der Waals surface area contributed by atoms with Crippen molar-refractivity contribution in [2.45, 2.75) is 22.6 Å². The normalized spacial score (nSPS) is 18.1. The van der Waals surface area contributed by atoms with E-state index in [0.717, 1.165) is 11.0 Å². The molecule has 45 heavy (non-hydrogen) atoms. The van der Waals surface area contributed by atoms with Crippen LogP contribution in [0.2, 0.25) is 5.02 Å². The van der Waals surface area contributed by atoms with Gasteiger partial charge in [0.1, 0.15) is 23.2 Å². The van der Waals surface area contributed by atoms with Crippen LogP contribution in [0.25, 0.3) is 0 Å². The number of aromatic nitrogens is 4. The molecule has 3 atom stereocenters. The van der Waals surface area contributed by atoms with Crippen LogP contribution in [-0.4, -0.2) is 93.3 Å². The zero-order valence-corrected chi connectivity index (χ0v) is 25.6. The fourth-order valence-corrected chi connectivity index (χ4v) is 7.25. The first kappa shape index (κ1) is 31.9. The van der Waals surface area contributed by atoms with Gasteiger partial charge in [0.2, 0.25) is 5.16 Å². The van der Waals surface area contributed by atoms with Gasteiger partial charge in [-0.3, -0.25) is 34.3 Å². The number of thioether (sulfide) groups is 2. The number of imide groups is 1. The average molecular weight is 675 g/mol. The molecule has 1 aromatic heterocycles. The van der Waals surface area contributed by atoms with Crippen molar-refractivity contribution >= 4 is 64.5 Å². The molecule has 0 spiro atoms. The van der Waals surface area contributed by atoms with Gasteiger partial charge in [0.05, 0.1) is 4.92 Å². The number of carboxylic acid groups (broad SMARTS) is 1. The third-order valence-corrected chi connectivity index (χ3v) is 9.51. The summed E-state index contributed by atoms with van der Waals surface area (Å²) in [6, 6.07) is 8.93. The number of tetrazole rings is 1. The minimum absolute atomic E-state index is 0.0637. The van der Waals surface area contributed by atoms with Gasteiger partial charge >= 0.3 is 11.7 Å². The number of hydrogen-bond acceptors (Lipinski definition) is 13. The van der Waals surface area contributed by atoms with E-state index in [9.17, 15) is 34.4 Å². The molecule has 2 aliphatic heterocycles. The van der Waals surface area contributed by atoms with Crippen LogP contribution in [-0.2, 0) is 26.2 Å². The van der Waals surface area contributed by atoms with Crippen molar-refractivity contribution in [3.8, 4) is 5.75 Å². The fourth-order valence-electron chi connectivity index (χ4n) is 4.71. The lowest BCUT2D eigenvalue weighted by atomic mass is 9.99. The molecule has 5 rings (SSSR count). The number of aliphatic carboxylic acids is 1. The maximum Gasteiger partial charge on any atom is 0.352 e. The summed E-state index contributed by atoms with van der Waals surface area (Å²) in [6.45, 7) is -0.869. The Morgan fingerprint density at radius 3 is 2.67 bits per heavy atom. The van der Waals surface area contributed by atoms with Crippen molar-refractivity contribution in [2.75, 3.05) is 18.1 Å². The lowest BCUT2D eigenvalue weighted by molar-refractivity contribution is -0.385. The van der Waals surface area contributed by atoms with Gasteiger partial charge < -0.3 is 15.6 Å². The van der Waals surface area contributed by atoms with E-state index >= 15 is 0 Å². The molecule has 3 aromatic rings. The number of nitro benzene ring substituents is 1. The number of halogens is 1. The second-order valence-corrected chi connectivity index (χ2v) is 12.1. The maximum atomic E-state index is 13.8. The van der Waals surface area contributed by atoms with Crippen LogP contribution in [0.1, 0.15) is 11.6 Å². The number of carbonyl (C=O) groups excluding carboxylic acids is 3. The Kier molecular flexibility index (Phi) is 9.37. The number of carbonyl (C=O) groups is 4. The van der Waals surface area contributed by atoms with Crippen LogP contribution < -0.4 is 10.5 Å². The second kappa shape index (κ2) is 13.2. The summed E-state index contributed by atoms with van der Waals surface area (Å²) in [4.78, 5) is 65.9. The Morgan fingerprint density at radius 1 is 1.29 bits per heavy atom. The molecule has 1 saturated heterocycles. The molecule has 3 heterocycles. The first-order valence-electron chi connectivity index (χ1n) is 13.0. The Labute approximate surface area is 267 Å². The van der Waals surface area contributed by atoms with E-state index in [-0.39, 0.29) is 28.0 Å². The SMILES string of the molecule is Cn1nnnc1SCC1=C(C(=O)O)N2C(=O)C(N(C(=O)COc3ccc(Cl)cc3[N+](=O)[O-])C(=O)[C@H](N)c3ccccc3)[C@H]2SC1. The van der Waals surface area contributed by atoms with Gasteiger partial charge in [-0.2, -0.15) is 0 Å². The highest BCUT2D eigenvalue weighted by molar-refractivity contribution is 8.01.